The van der Waals surface area contributed by atoms with Crippen LogP contribution in [0.2, 0.25) is 0 Å². The van der Waals surface area contributed by atoms with E-state index in [1.165, 1.54) is 87.1 Å². The molecular formula is C43H47BN2O. The number of benzene rings is 4. The summed E-state index contributed by atoms with van der Waals surface area (Å²) < 4.78 is 7.09. The predicted molar refractivity (Wildman–Crippen MR) is 200 cm³/mol. The summed E-state index contributed by atoms with van der Waals surface area (Å²) >= 11 is 0. The fourth-order valence-corrected chi connectivity index (χ4v) is 9.72. The number of fused-ring (bicyclic) bond motifs is 9. The second kappa shape index (κ2) is 9.16. The monoisotopic (exact) mass is 618 g/mol. The average molecular weight is 619 g/mol. The molecule has 1 saturated carbocycles. The molecule has 1 fully saturated rings. The van der Waals surface area contributed by atoms with Crippen molar-refractivity contribution in [2.45, 2.75) is 110 Å². The Morgan fingerprint density at radius 3 is 2.15 bits per heavy atom. The van der Waals surface area contributed by atoms with Gasteiger partial charge >= 0.3 is 0 Å². The first kappa shape index (κ1) is 29.2. The Labute approximate surface area is 281 Å². The van der Waals surface area contributed by atoms with Crippen LogP contribution in [-0.4, -0.2) is 12.3 Å². The molecule has 4 aromatic carbocycles. The summed E-state index contributed by atoms with van der Waals surface area (Å²) in [6.07, 6.45) is 4.98. The fraction of sp³-hybridized carbons (Fsp3) is 0.395. The summed E-state index contributed by atoms with van der Waals surface area (Å²) in [5, 5.41) is 1.18. The van der Waals surface area contributed by atoms with Gasteiger partial charge in [0, 0.05) is 33.6 Å². The summed E-state index contributed by atoms with van der Waals surface area (Å²) in [6, 6.07) is 28.0. The lowest BCUT2D eigenvalue weighted by atomic mass is 9.35. The molecule has 1 aliphatic carbocycles. The third kappa shape index (κ3) is 3.71. The normalized spacial score (nSPS) is 22.7. The van der Waals surface area contributed by atoms with E-state index in [0.717, 1.165) is 11.2 Å². The lowest BCUT2D eigenvalue weighted by Crippen LogP contribution is -2.64. The number of aryl methyl sites for hydroxylation is 1. The molecule has 5 aromatic rings. The lowest BCUT2D eigenvalue weighted by Gasteiger charge is -2.52. The predicted octanol–water partition coefficient (Wildman–Crippen LogP) is 9.69. The van der Waals surface area contributed by atoms with Crippen LogP contribution in [0.15, 0.2) is 77.2 Å². The van der Waals surface area contributed by atoms with Gasteiger partial charge in [0.15, 0.2) is 0 Å². The minimum Gasteiger partial charge on any atom is -0.468 e. The molecule has 0 bridgehead atoms. The maximum absolute atomic E-state index is 7.09. The second-order valence-corrected chi connectivity index (χ2v) is 17.5. The van der Waals surface area contributed by atoms with Crippen molar-refractivity contribution in [3.8, 4) is 0 Å². The van der Waals surface area contributed by atoms with Crippen molar-refractivity contribution in [3.05, 3.63) is 95.1 Å². The fourth-order valence-electron chi connectivity index (χ4n) is 9.72. The SMILES string of the molecule is Cc1cc2c3c(c1)N1c4c(cc(C(C)(C)C)cc4C4(C)CCCCC14C)B3c1oc3ccccc3c1N2c1ccc(C(C)(C)C)cc1. The van der Waals surface area contributed by atoms with Crippen molar-refractivity contribution in [3.63, 3.8) is 0 Å². The van der Waals surface area contributed by atoms with Crippen molar-refractivity contribution in [1.82, 2.24) is 0 Å². The number of para-hydroxylation sites is 1. The standard InChI is InChI=1S/C43H47BN2O/c1-26-22-33-36-34(23-26)46-38-31(42(8)20-12-13-21-43(42,46)9)24-28(41(5,6)7)25-32(38)44(36)39-37(30-14-10-11-15-35(30)47-39)45(33)29-18-16-27(17-19-29)40(2,3)4/h10-11,14-19,22-25H,12-13,20-21H2,1-9H3. The Bertz CT molecular complexity index is 2130. The summed E-state index contributed by atoms with van der Waals surface area (Å²) in [4.78, 5) is 5.34. The van der Waals surface area contributed by atoms with Crippen molar-refractivity contribution in [2.24, 2.45) is 0 Å². The van der Waals surface area contributed by atoms with Crippen molar-refractivity contribution in [1.29, 1.82) is 0 Å². The zero-order chi connectivity index (χ0) is 32.8. The summed E-state index contributed by atoms with van der Waals surface area (Å²) in [5.41, 5.74) is 17.1. The number of hydrogen-bond acceptors (Lipinski definition) is 3. The molecule has 3 nitrogen and oxygen atoms in total. The van der Waals surface area contributed by atoms with Crippen LogP contribution in [0.25, 0.3) is 11.0 Å². The quantitative estimate of drug-likeness (QED) is 0.171. The smallest absolute Gasteiger partial charge is 0.297 e. The topological polar surface area (TPSA) is 19.6 Å². The van der Waals surface area contributed by atoms with Crippen LogP contribution in [-0.2, 0) is 16.2 Å². The molecule has 0 spiro atoms. The highest BCUT2D eigenvalue weighted by molar-refractivity contribution is 7.00. The van der Waals surface area contributed by atoms with Gasteiger partial charge in [0.25, 0.3) is 6.71 Å². The number of nitrogens with zero attached hydrogens (tertiary/aromatic N) is 2. The molecule has 2 unspecified atom stereocenters. The molecule has 0 N–H and O–H groups in total. The van der Waals surface area contributed by atoms with Crippen LogP contribution in [0, 0.1) is 6.92 Å². The van der Waals surface area contributed by atoms with Gasteiger partial charge in [-0.25, -0.2) is 0 Å². The number of rotatable bonds is 1. The Morgan fingerprint density at radius 2 is 1.43 bits per heavy atom. The average Bonchev–Trinajstić information content (AvgIpc) is 3.49. The molecule has 3 aliphatic heterocycles. The van der Waals surface area contributed by atoms with Gasteiger partial charge in [-0.2, -0.15) is 0 Å². The largest absolute Gasteiger partial charge is 0.468 e. The Balaban J connectivity index is 1.41. The van der Waals surface area contributed by atoms with Crippen LogP contribution in [0.5, 0.6) is 0 Å². The van der Waals surface area contributed by atoms with Gasteiger partial charge in [-0.1, -0.05) is 97.7 Å². The van der Waals surface area contributed by atoms with Gasteiger partial charge in [0.2, 0.25) is 0 Å². The third-order valence-corrected chi connectivity index (χ3v) is 12.5. The number of furan rings is 1. The highest BCUT2D eigenvalue weighted by atomic mass is 16.3. The van der Waals surface area contributed by atoms with E-state index in [4.69, 9.17) is 4.42 Å². The highest BCUT2D eigenvalue weighted by Gasteiger charge is 2.62. The first-order valence-electron chi connectivity index (χ1n) is 17.8. The summed E-state index contributed by atoms with van der Waals surface area (Å²) in [6.45, 7) is 21.4. The third-order valence-electron chi connectivity index (χ3n) is 12.5. The molecule has 4 aliphatic rings. The number of hydrogen-bond donors (Lipinski definition) is 0. The minimum absolute atomic E-state index is 0.00127. The summed E-state index contributed by atoms with van der Waals surface area (Å²) in [5.74, 6) is 0. The molecular weight excluding hydrogens is 571 g/mol. The van der Waals surface area contributed by atoms with Gasteiger partial charge in [0.1, 0.15) is 5.58 Å². The second-order valence-electron chi connectivity index (χ2n) is 17.5. The van der Waals surface area contributed by atoms with E-state index in [2.05, 4.69) is 145 Å². The molecule has 2 atom stereocenters. The minimum atomic E-state index is -0.00127. The van der Waals surface area contributed by atoms with Crippen LogP contribution < -0.4 is 26.4 Å². The molecule has 4 heteroatoms. The van der Waals surface area contributed by atoms with Crippen molar-refractivity contribution < 1.29 is 4.42 Å². The van der Waals surface area contributed by atoms with E-state index in [9.17, 15) is 0 Å². The molecule has 9 rings (SSSR count). The number of anilines is 5. The Kier molecular flexibility index (Phi) is 5.70. The highest BCUT2D eigenvalue weighted by Crippen LogP contribution is 2.62. The maximum Gasteiger partial charge on any atom is 0.297 e. The first-order valence-corrected chi connectivity index (χ1v) is 17.8. The summed E-state index contributed by atoms with van der Waals surface area (Å²) in [7, 11) is 0. The van der Waals surface area contributed by atoms with Gasteiger partial charge < -0.3 is 14.2 Å². The Morgan fingerprint density at radius 1 is 0.745 bits per heavy atom. The first-order chi connectivity index (χ1) is 22.2. The van der Waals surface area contributed by atoms with Gasteiger partial charge in [-0.15, -0.1) is 0 Å². The molecule has 0 saturated heterocycles. The van der Waals surface area contributed by atoms with Crippen LogP contribution in [0.4, 0.5) is 28.4 Å². The lowest BCUT2D eigenvalue weighted by molar-refractivity contribution is 0.195. The molecule has 0 radical (unpaired) electrons. The molecule has 0 amide bonds. The molecule has 4 heterocycles. The zero-order valence-corrected chi connectivity index (χ0v) is 29.6. The van der Waals surface area contributed by atoms with Gasteiger partial charge in [0.05, 0.1) is 16.9 Å². The Hall–Kier alpha value is -3.92. The zero-order valence-electron chi connectivity index (χ0n) is 29.6. The van der Waals surface area contributed by atoms with E-state index >= 15 is 0 Å². The van der Waals surface area contributed by atoms with E-state index in [1.54, 1.807) is 5.56 Å². The van der Waals surface area contributed by atoms with Crippen molar-refractivity contribution in [2.75, 3.05) is 9.80 Å². The maximum atomic E-state index is 7.09. The van der Waals surface area contributed by atoms with E-state index < -0.39 is 0 Å². The van der Waals surface area contributed by atoms with E-state index in [1.807, 2.05) is 0 Å². The molecule has 1 aromatic heterocycles. The molecule has 238 valence electrons. The van der Waals surface area contributed by atoms with Crippen LogP contribution >= 0.6 is 0 Å². The van der Waals surface area contributed by atoms with E-state index in [0.29, 0.717) is 0 Å². The molecule has 47 heavy (non-hydrogen) atoms. The van der Waals surface area contributed by atoms with Gasteiger partial charge in [-0.05, 0) is 107 Å². The van der Waals surface area contributed by atoms with Crippen LogP contribution in [0.3, 0.4) is 0 Å². The van der Waals surface area contributed by atoms with Crippen LogP contribution in [0.1, 0.15) is 103 Å². The van der Waals surface area contributed by atoms with Crippen molar-refractivity contribution >= 4 is 62.7 Å². The van der Waals surface area contributed by atoms with Gasteiger partial charge in [-0.3, -0.25) is 0 Å². The van der Waals surface area contributed by atoms with E-state index in [-0.39, 0.29) is 28.5 Å².